The van der Waals surface area contributed by atoms with Gasteiger partial charge in [-0.2, -0.15) is 9.29 Å². The van der Waals surface area contributed by atoms with Gasteiger partial charge in [0.15, 0.2) is 5.82 Å². The van der Waals surface area contributed by atoms with Gasteiger partial charge >= 0.3 is 0 Å². The van der Waals surface area contributed by atoms with Crippen LogP contribution in [-0.4, -0.2) is 47.3 Å². The molecular weight excluding hydrogens is 306 g/mol. The van der Waals surface area contributed by atoms with Crippen molar-refractivity contribution in [2.75, 3.05) is 12.3 Å². The van der Waals surface area contributed by atoms with Crippen LogP contribution in [0.25, 0.3) is 0 Å². The van der Waals surface area contributed by atoms with Crippen LogP contribution in [-0.2, 0) is 14.8 Å². The quantitative estimate of drug-likeness (QED) is 0.835. The van der Waals surface area contributed by atoms with E-state index < -0.39 is 10.0 Å². The van der Waals surface area contributed by atoms with Gasteiger partial charge in [-0.3, -0.25) is 0 Å². The highest BCUT2D eigenvalue weighted by molar-refractivity contribution is 7.89. The minimum Gasteiger partial charge on any atom is -0.363 e. The fourth-order valence-corrected chi connectivity index (χ4v) is 5.45. The highest BCUT2D eigenvalue weighted by Crippen LogP contribution is 2.38. The van der Waals surface area contributed by atoms with Crippen molar-refractivity contribution in [2.24, 2.45) is 5.92 Å². The number of aromatic nitrogens is 2. The number of aryl methyl sites for hydroxylation is 1. The predicted molar refractivity (Wildman–Crippen MR) is 79.6 cm³/mol. The molecule has 7 nitrogen and oxygen atoms in total. The standard InChI is InChI=1S/C14H23N3O4S/c1-9(2)8-22(18,19)17-7-6-12-11(17)4-5-13(20-12)14-15-10(3)16-21-14/h9,11-13H,4-8H2,1-3H3/t11-,12-,13+/m1/s1. The van der Waals surface area contributed by atoms with Crippen LogP contribution in [0.5, 0.6) is 0 Å². The van der Waals surface area contributed by atoms with Gasteiger partial charge in [0.2, 0.25) is 10.0 Å². The van der Waals surface area contributed by atoms with Crippen molar-refractivity contribution in [1.29, 1.82) is 0 Å². The lowest BCUT2D eigenvalue weighted by Gasteiger charge is -2.34. The van der Waals surface area contributed by atoms with E-state index in [0.29, 0.717) is 24.7 Å². The predicted octanol–water partition coefficient (Wildman–Crippen LogP) is 1.66. The molecule has 2 fully saturated rings. The van der Waals surface area contributed by atoms with E-state index in [9.17, 15) is 8.42 Å². The summed E-state index contributed by atoms with van der Waals surface area (Å²) in [5.41, 5.74) is 0. The molecule has 0 spiro atoms. The van der Waals surface area contributed by atoms with E-state index >= 15 is 0 Å². The lowest BCUT2D eigenvalue weighted by molar-refractivity contribution is -0.0753. The van der Waals surface area contributed by atoms with E-state index in [1.54, 1.807) is 11.2 Å². The van der Waals surface area contributed by atoms with E-state index in [-0.39, 0.29) is 29.9 Å². The number of rotatable bonds is 4. The van der Waals surface area contributed by atoms with Crippen LogP contribution in [0, 0.1) is 12.8 Å². The topological polar surface area (TPSA) is 85.5 Å². The van der Waals surface area contributed by atoms with Crippen LogP contribution in [0.15, 0.2) is 4.52 Å². The summed E-state index contributed by atoms with van der Waals surface area (Å²) in [5, 5.41) is 3.79. The van der Waals surface area contributed by atoms with E-state index in [2.05, 4.69) is 10.1 Å². The van der Waals surface area contributed by atoms with Crippen molar-refractivity contribution < 1.29 is 17.7 Å². The molecular formula is C14H23N3O4S. The van der Waals surface area contributed by atoms with E-state index in [1.165, 1.54) is 0 Å². The second-order valence-corrected chi connectivity index (χ2v) is 8.53. The molecule has 124 valence electrons. The van der Waals surface area contributed by atoms with Crippen molar-refractivity contribution in [3.63, 3.8) is 0 Å². The Kier molecular flexibility index (Phi) is 4.26. The van der Waals surface area contributed by atoms with E-state index in [0.717, 1.165) is 12.8 Å². The molecule has 0 unspecified atom stereocenters. The van der Waals surface area contributed by atoms with Gasteiger partial charge in [0.05, 0.1) is 17.9 Å². The van der Waals surface area contributed by atoms with Gasteiger partial charge in [-0.1, -0.05) is 19.0 Å². The monoisotopic (exact) mass is 329 g/mol. The van der Waals surface area contributed by atoms with Crippen LogP contribution >= 0.6 is 0 Å². The molecule has 1 aromatic heterocycles. The first-order valence-electron chi connectivity index (χ1n) is 7.82. The number of sulfonamides is 1. The summed E-state index contributed by atoms with van der Waals surface area (Å²) in [4.78, 5) is 4.22. The second-order valence-electron chi connectivity index (χ2n) is 6.56. The molecule has 22 heavy (non-hydrogen) atoms. The third-order valence-corrected chi connectivity index (χ3v) is 6.47. The van der Waals surface area contributed by atoms with Crippen LogP contribution in [0.2, 0.25) is 0 Å². The van der Waals surface area contributed by atoms with Crippen molar-refractivity contribution in [3.8, 4) is 0 Å². The Morgan fingerprint density at radius 2 is 2.09 bits per heavy atom. The summed E-state index contributed by atoms with van der Waals surface area (Å²) in [6, 6.07) is -0.0518. The minimum absolute atomic E-state index is 0.0518. The lowest BCUT2D eigenvalue weighted by Crippen LogP contribution is -2.44. The zero-order valence-corrected chi connectivity index (χ0v) is 14.0. The maximum absolute atomic E-state index is 12.5. The lowest BCUT2D eigenvalue weighted by atomic mass is 10.00. The smallest absolute Gasteiger partial charge is 0.255 e. The van der Waals surface area contributed by atoms with Gasteiger partial charge in [-0.05, 0) is 32.1 Å². The normalized spacial score (nSPS) is 29.9. The third-order valence-electron chi connectivity index (χ3n) is 4.22. The number of nitrogens with zero attached hydrogens (tertiary/aromatic N) is 3. The Hall–Kier alpha value is -0.990. The van der Waals surface area contributed by atoms with Crippen molar-refractivity contribution in [1.82, 2.24) is 14.4 Å². The summed E-state index contributed by atoms with van der Waals surface area (Å²) < 4.78 is 37.8. The molecule has 0 aromatic carbocycles. The van der Waals surface area contributed by atoms with Crippen molar-refractivity contribution >= 4 is 10.0 Å². The molecule has 3 rings (SSSR count). The molecule has 0 saturated carbocycles. The molecule has 3 atom stereocenters. The van der Waals surface area contributed by atoms with Crippen LogP contribution in [0.3, 0.4) is 0 Å². The number of fused-ring (bicyclic) bond motifs is 1. The molecule has 2 saturated heterocycles. The maximum atomic E-state index is 12.5. The summed E-state index contributed by atoms with van der Waals surface area (Å²) in [7, 11) is -3.21. The molecule has 0 bridgehead atoms. The number of hydrogen-bond acceptors (Lipinski definition) is 6. The van der Waals surface area contributed by atoms with Crippen molar-refractivity contribution in [3.05, 3.63) is 11.7 Å². The Balaban J connectivity index is 1.70. The molecule has 1 aromatic rings. The van der Waals surface area contributed by atoms with Gasteiger partial charge in [0.25, 0.3) is 5.89 Å². The molecule has 0 N–H and O–H groups in total. The van der Waals surface area contributed by atoms with Gasteiger partial charge < -0.3 is 9.26 Å². The van der Waals surface area contributed by atoms with E-state index in [4.69, 9.17) is 9.26 Å². The van der Waals surface area contributed by atoms with Gasteiger partial charge in [0, 0.05) is 6.54 Å². The Labute approximate surface area is 131 Å². The SMILES string of the molecule is Cc1noc([C@@H]2CC[C@@H]3[C@@H](CCN3S(=O)(=O)CC(C)C)O2)n1. The molecule has 2 aliphatic heterocycles. The Morgan fingerprint density at radius 3 is 2.73 bits per heavy atom. The van der Waals surface area contributed by atoms with Crippen molar-refractivity contribution in [2.45, 2.75) is 58.3 Å². The van der Waals surface area contributed by atoms with Gasteiger partial charge in [-0.25, -0.2) is 8.42 Å². The van der Waals surface area contributed by atoms with Crippen LogP contribution in [0.1, 0.15) is 50.9 Å². The first-order chi connectivity index (χ1) is 10.4. The Bertz CT molecular complexity index is 628. The Morgan fingerprint density at radius 1 is 1.32 bits per heavy atom. The van der Waals surface area contributed by atoms with Gasteiger partial charge in [-0.15, -0.1) is 0 Å². The molecule has 0 aliphatic carbocycles. The van der Waals surface area contributed by atoms with E-state index in [1.807, 2.05) is 13.8 Å². The first kappa shape index (κ1) is 15.9. The fourth-order valence-electron chi connectivity index (χ4n) is 3.38. The van der Waals surface area contributed by atoms with Crippen LogP contribution in [0.4, 0.5) is 0 Å². The highest BCUT2D eigenvalue weighted by atomic mass is 32.2. The summed E-state index contributed by atoms with van der Waals surface area (Å²) in [5.74, 6) is 1.41. The highest BCUT2D eigenvalue weighted by Gasteiger charge is 2.45. The number of hydrogen-bond donors (Lipinski definition) is 0. The minimum atomic E-state index is -3.21. The summed E-state index contributed by atoms with van der Waals surface area (Å²) in [6.07, 6.45) is 1.92. The zero-order chi connectivity index (χ0) is 15.9. The maximum Gasteiger partial charge on any atom is 0.255 e. The molecule has 2 aliphatic rings. The molecule has 8 heteroatoms. The largest absolute Gasteiger partial charge is 0.363 e. The average molecular weight is 329 g/mol. The third kappa shape index (κ3) is 3.04. The molecule has 3 heterocycles. The van der Waals surface area contributed by atoms with Gasteiger partial charge in [0.1, 0.15) is 6.10 Å². The summed E-state index contributed by atoms with van der Waals surface area (Å²) in [6.45, 7) is 6.17. The number of ether oxygens (including phenoxy) is 1. The molecule has 0 amide bonds. The average Bonchev–Trinajstić information content (AvgIpc) is 3.02. The molecule has 0 radical (unpaired) electrons. The second kappa shape index (κ2) is 5.90. The first-order valence-corrected chi connectivity index (χ1v) is 9.43. The summed E-state index contributed by atoms with van der Waals surface area (Å²) >= 11 is 0. The fraction of sp³-hybridized carbons (Fsp3) is 0.857. The van der Waals surface area contributed by atoms with Crippen LogP contribution < -0.4 is 0 Å². The zero-order valence-electron chi connectivity index (χ0n) is 13.2.